The molecule has 0 aromatic heterocycles. The van der Waals surface area contributed by atoms with Crippen molar-refractivity contribution < 1.29 is 19.1 Å². The maximum atomic E-state index is 10.9. The van der Waals surface area contributed by atoms with Gasteiger partial charge in [-0.25, -0.2) is 0 Å². The van der Waals surface area contributed by atoms with E-state index in [0.29, 0.717) is 5.33 Å². The number of hydrogen-bond donors (Lipinski definition) is 0. The highest BCUT2D eigenvalue weighted by Crippen LogP contribution is 2.32. The van der Waals surface area contributed by atoms with Crippen LogP contribution in [0.15, 0.2) is 18.2 Å². The topological polar surface area (TPSA) is 52.6 Å². The molecular formula is C11H11BrO4. The first-order valence-corrected chi connectivity index (χ1v) is 5.71. The van der Waals surface area contributed by atoms with Gasteiger partial charge in [-0.2, -0.15) is 0 Å². The van der Waals surface area contributed by atoms with Crippen molar-refractivity contribution in [3.63, 3.8) is 0 Å². The molecule has 1 aromatic rings. The summed E-state index contributed by atoms with van der Waals surface area (Å²) in [6.07, 6.45) is 0. The van der Waals surface area contributed by atoms with Gasteiger partial charge in [0.25, 0.3) is 0 Å². The fourth-order valence-electron chi connectivity index (χ4n) is 1.16. The lowest BCUT2D eigenvalue weighted by molar-refractivity contribution is -0.134. The lowest BCUT2D eigenvalue weighted by Crippen LogP contribution is -2.08. The van der Waals surface area contributed by atoms with E-state index in [1.165, 1.54) is 13.8 Å². The van der Waals surface area contributed by atoms with Crippen LogP contribution in [0.1, 0.15) is 19.4 Å². The molecule has 1 rings (SSSR count). The minimum Gasteiger partial charge on any atom is -0.423 e. The zero-order chi connectivity index (χ0) is 12.1. The molecule has 0 amide bonds. The quantitative estimate of drug-likeness (QED) is 0.487. The zero-order valence-corrected chi connectivity index (χ0v) is 10.5. The van der Waals surface area contributed by atoms with E-state index in [1.54, 1.807) is 18.2 Å². The van der Waals surface area contributed by atoms with Crippen LogP contribution in [-0.4, -0.2) is 11.9 Å². The van der Waals surface area contributed by atoms with Crippen LogP contribution >= 0.6 is 15.9 Å². The van der Waals surface area contributed by atoms with E-state index < -0.39 is 11.9 Å². The van der Waals surface area contributed by atoms with Crippen LogP contribution in [0.2, 0.25) is 0 Å². The molecule has 0 aliphatic carbocycles. The van der Waals surface area contributed by atoms with Gasteiger partial charge in [0.15, 0.2) is 11.5 Å². The predicted octanol–water partition coefficient (Wildman–Crippen LogP) is 2.43. The molecule has 0 aliphatic heterocycles. The molecule has 0 heterocycles. The SMILES string of the molecule is CC(=O)Oc1cccc(CBr)c1OC(C)=O. The molecule has 0 unspecified atom stereocenters. The van der Waals surface area contributed by atoms with Gasteiger partial charge in [0, 0.05) is 24.7 Å². The number of halogens is 1. The largest absolute Gasteiger partial charge is 0.423 e. The highest BCUT2D eigenvalue weighted by atomic mass is 79.9. The first-order chi connectivity index (χ1) is 7.54. The molecule has 0 spiro atoms. The fourth-order valence-corrected chi connectivity index (χ4v) is 1.60. The summed E-state index contributed by atoms with van der Waals surface area (Å²) in [5.41, 5.74) is 0.744. The third kappa shape index (κ3) is 3.34. The van der Waals surface area contributed by atoms with Crippen molar-refractivity contribution in [1.29, 1.82) is 0 Å². The second-order valence-electron chi connectivity index (χ2n) is 3.07. The highest BCUT2D eigenvalue weighted by molar-refractivity contribution is 9.08. The number of carbonyl (C=O) groups is 2. The summed E-state index contributed by atoms with van der Waals surface area (Å²) in [6, 6.07) is 5.08. The average Bonchev–Trinajstić information content (AvgIpc) is 2.19. The Morgan fingerprint density at radius 2 is 1.81 bits per heavy atom. The van der Waals surface area contributed by atoms with Gasteiger partial charge in [-0.3, -0.25) is 9.59 Å². The predicted molar refractivity (Wildman–Crippen MR) is 61.7 cm³/mol. The molecule has 0 radical (unpaired) electrons. The average molecular weight is 287 g/mol. The van der Waals surface area contributed by atoms with E-state index in [9.17, 15) is 9.59 Å². The molecule has 0 saturated carbocycles. The van der Waals surface area contributed by atoms with Gasteiger partial charge in [0.2, 0.25) is 0 Å². The number of para-hydroxylation sites is 1. The number of ether oxygens (including phenoxy) is 2. The maximum absolute atomic E-state index is 10.9. The molecule has 0 atom stereocenters. The van der Waals surface area contributed by atoms with Crippen LogP contribution in [0.5, 0.6) is 11.5 Å². The molecule has 4 nitrogen and oxygen atoms in total. The summed E-state index contributed by atoms with van der Waals surface area (Å²) in [7, 11) is 0. The van der Waals surface area contributed by atoms with E-state index >= 15 is 0 Å². The molecule has 0 bridgehead atoms. The van der Waals surface area contributed by atoms with Gasteiger partial charge in [0.1, 0.15) is 0 Å². The second-order valence-corrected chi connectivity index (χ2v) is 3.63. The smallest absolute Gasteiger partial charge is 0.308 e. The molecule has 5 heteroatoms. The molecule has 0 fully saturated rings. The molecule has 0 N–H and O–H groups in total. The lowest BCUT2D eigenvalue weighted by Gasteiger charge is -2.11. The summed E-state index contributed by atoms with van der Waals surface area (Å²) in [6.45, 7) is 2.58. The van der Waals surface area contributed by atoms with Gasteiger partial charge in [-0.1, -0.05) is 28.1 Å². The number of carbonyl (C=O) groups excluding carboxylic acids is 2. The Bertz CT molecular complexity index is 414. The van der Waals surface area contributed by atoms with E-state index in [2.05, 4.69) is 15.9 Å². The van der Waals surface area contributed by atoms with E-state index in [0.717, 1.165) is 5.56 Å². The fraction of sp³-hybridized carbons (Fsp3) is 0.273. The summed E-state index contributed by atoms with van der Waals surface area (Å²) >= 11 is 3.27. The van der Waals surface area contributed by atoms with Crippen molar-refractivity contribution in [1.82, 2.24) is 0 Å². The molecular weight excluding hydrogens is 276 g/mol. The van der Waals surface area contributed by atoms with Crippen LogP contribution in [0, 0.1) is 0 Å². The Balaban J connectivity index is 3.14. The molecule has 0 aliphatic rings. The second kappa shape index (κ2) is 5.65. The zero-order valence-electron chi connectivity index (χ0n) is 8.95. The monoisotopic (exact) mass is 286 g/mol. The Kier molecular flexibility index (Phi) is 4.49. The Morgan fingerprint density at radius 3 is 2.31 bits per heavy atom. The minimum absolute atomic E-state index is 0.250. The summed E-state index contributed by atoms with van der Waals surface area (Å²) in [5.74, 6) is -0.386. The third-order valence-corrected chi connectivity index (χ3v) is 2.31. The Labute approximate surface area is 102 Å². The van der Waals surface area contributed by atoms with Crippen LogP contribution in [-0.2, 0) is 14.9 Å². The number of rotatable bonds is 3. The van der Waals surface area contributed by atoms with E-state index in [1.807, 2.05) is 0 Å². The summed E-state index contributed by atoms with van der Waals surface area (Å²) in [4.78, 5) is 21.8. The van der Waals surface area contributed by atoms with Crippen LogP contribution in [0.3, 0.4) is 0 Å². The Morgan fingerprint density at radius 1 is 1.19 bits per heavy atom. The first kappa shape index (κ1) is 12.7. The summed E-state index contributed by atoms with van der Waals surface area (Å²) in [5, 5.41) is 0.505. The van der Waals surface area contributed by atoms with Gasteiger partial charge in [-0.15, -0.1) is 0 Å². The third-order valence-electron chi connectivity index (χ3n) is 1.70. The van der Waals surface area contributed by atoms with Crippen LogP contribution < -0.4 is 9.47 Å². The lowest BCUT2D eigenvalue weighted by atomic mass is 10.2. The van der Waals surface area contributed by atoms with Gasteiger partial charge >= 0.3 is 11.9 Å². The number of benzene rings is 1. The van der Waals surface area contributed by atoms with Crippen LogP contribution in [0.25, 0.3) is 0 Å². The molecule has 16 heavy (non-hydrogen) atoms. The maximum Gasteiger partial charge on any atom is 0.308 e. The highest BCUT2D eigenvalue weighted by Gasteiger charge is 2.13. The number of hydrogen-bond acceptors (Lipinski definition) is 4. The van der Waals surface area contributed by atoms with Crippen molar-refractivity contribution in [3.05, 3.63) is 23.8 Å². The standard InChI is InChI=1S/C11H11BrO4/c1-7(13)15-10-5-3-4-9(6-12)11(10)16-8(2)14/h3-5H,6H2,1-2H3. The van der Waals surface area contributed by atoms with Crippen molar-refractivity contribution in [3.8, 4) is 11.5 Å². The van der Waals surface area contributed by atoms with Crippen molar-refractivity contribution in [2.45, 2.75) is 19.2 Å². The van der Waals surface area contributed by atoms with Crippen LogP contribution in [0.4, 0.5) is 0 Å². The van der Waals surface area contributed by atoms with Crippen molar-refractivity contribution >= 4 is 27.9 Å². The van der Waals surface area contributed by atoms with E-state index in [-0.39, 0.29) is 11.5 Å². The number of esters is 2. The van der Waals surface area contributed by atoms with Gasteiger partial charge in [-0.05, 0) is 6.07 Å². The normalized spacial score (nSPS) is 9.69. The Hall–Kier alpha value is -1.36. The van der Waals surface area contributed by atoms with Crippen molar-refractivity contribution in [2.24, 2.45) is 0 Å². The first-order valence-electron chi connectivity index (χ1n) is 4.59. The minimum atomic E-state index is -0.458. The van der Waals surface area contributed by atoms with Gasteiger partial charge in [0.05, 0.1) is 0 Å². The molecule has 0 saturated heterocycles. The van der Waals surface area contributed by atoms with Gasteiger partial charge < -0.3 is 9.47 Å². The van der Waals surface area contributed by atoms with Crippen molar-refractivity contribution in [2.75, 3.05) is 0 Å². The summed E-state index contributed by atoms with van der Waals surface area (Å²) < 4.78 is 9.97. The molecule has 86 valence electrons. The van der Waals surface area contributed by atoms with E-state index in [4.69, 9.17) is 9.47 Å². The molecule has 1 aromatic carbocycles. The number of alkyl halides is 1.